The molecule has 1 amide bonds. The summed E-state index contributed by atoms with van der Waals surface area (Å²) in [5.41, 5.74) is 2.49. The third-order valence-corrected chi connectivity index (χ3v) is 7.68. The Morgan fingerprint density at radius 1 is 0.722 bits per heavy atom. The smallest absolute Gasteiger partial charge is 0.269 e. The summed E-state index contributed by atoms with van der Waals surface area (Å²) in [6, 6.07) is 36.1. The van der Waals surface area contributed by atoms with Crippen LogP contribution >= 0.6 is 27.5 Å². The van der Waals surface area contributed by atoms with Gasteiger partial charge in [-0.25, -0.2) is 0 Å². The molecule has 4 aromatic rings. The summed E-state index contributed by atoms with van der Waals surface area (Å²) in [5, 5.41) is 13.8. The largest absolute Gasteiger partial charge is 0.271 e. The van der Waals surface area contributed by atoms with Crippen molar-refractivity contribution in [3.63, 3.8) is 0 Å². The van der Waals surface area contributed by atoms with E-state index in [1.165, 1.54) is 5.01 Å². The third kappa shape index (κ3) is 3.40. The molecule has 176 valence electrons. The van der Waals surface area contributed by atoms with Gasteiger partial charge >= 0.3 is 0 Å². The van der Waals surface area contributed by atoms with Crippen molar-refractivity contribution in [2.45, 2.75) is 6.04 Å². The van der Waals surface area contributed by atoms with Crippen molar-refractivity contribution >= 4 is 55.1 Å². The zero-order valence-corrected chi connectivity index (χ0v) is 21.3. The number of hydrazone groups is 2. The number of benzene rings is 4. The first-order valence-corrected chi connectivity index (χ1v) is 12.7. The molecule has 0 aliphatic carbocycles. The maximum absolute atomic E-state index is 14.6. The Morgan fingerprint density at radius 3 is 1.92 bits per heavy atom. The normalized spacial score (nSPS) is 21.2. The molecule has 2 aliphatic heterocycles. The van der Waals surface area contributed by atoms with Crippen molar-refractivity contribution in [1.29, 1.82) is 0 Å². The first-order valence-electron chi connectivity index (χ1n) is 11.5. The molecule has 36 heavy (non-hydrogen) atoms. The zero-order valence-electron chi connectivity index (χ0n) is 19.0. The third-order valence-electron chi connectivity index (χ3n) is 6.55. The highest BCUT2D eigenvalue weighted by atomic mass is 79.9. The summed E-state index contributed by atoms with van der Waals surface area (Å²) in [6.07, 6.45) is 0. The maximum atomic E-state index is 14.6. The first-order chi connectivity index (χ1) is 17.6. The van der Waals surface area contributed by atoms with Gasteiger partial charge in [0.05, 0.1) is 17.1 Å². The fourth-order valence-electron chi connectivity index (χ4n) is 4.93. The minimum Gasteiger partial charge on any atom is -0.271 e. The van der Waals surface area contributed by atoms with Gasteiger partial charge in [0.15, 0.2) is 5.41 Å². The van der Waals surface area contributed by atoms with E-state index in [2.05, 4.69) is 15.9 Å². The minimum absolute atomic E-state index is 0.202. The van der Waals surface area contributed by atoms with Crippen LogP contribution < -0.4 is 10.0 Å². The molecule has 1 spiro atoms. The molecule has 0 saturated carbocycles. The first kappa shape index (κ1) is 22.7. The van der Waals surface area contributed by atoms with E-state index in [-0.39, 0.29) is 5.91 Å². The number of rotatable bonds is 4. The molecule has 2 aliphatic rings. The van der Waals surface area contributed by atoms with E-state index in [9.17, 15) is 4.79 Å². The summed E-state index contributed by atoms with van der Waals surface area (Å²) in [7, 11) is 0. The summed E-state index contributed by atoms with van der Waals surface area (Å²) in [6.45, 7) is 0. The fourth-order valence-corrected chi connectivity index (χ4v) is 5.91. The van der Waals surface area contributed by atoms with Crippen LogP contribution in [0.3, 0.4) is 0 Å². The second-order valence-corrected chi connectivity index (χ2v) is 9.73. The number of anilines is 2. The Kier molecular flexibility index (Phi) is 5.70. The van der Waals surface area contributed by atoms with E-state index in [0.29, 0.717) is 21.0 Å². The second kappa shape index (κ2) is 9.04. The predicted octanol–water partition coefficient (Wildman–Crippen LogP) is 7.05. The summed E-state index contributed by atoms with van der Waals surface area (Å²) < 4.78 is 0.481. The zero-order chi connectivity index (χ0) is 24.7. The standard InChI is InChI=1S/C29H20BrClN4O/c30-27-29(26(23-18-10-11-19-24(23)31)34(33-27)21-14-6-2-7-15-21)25(20-12-4-1-5-13-20)32-35(28(29)36)22-16-8-3-9-17-22/h1-19,26H. The minimum atomic E-state index is -1.27. The van der Waals surface area contributed by atoms with Crippen LogP contribution in [0.5, 0.6) is 0 Å². The summed E-state index contributed by atoms with van der Waals surface area (Å²) >= 11 is 10.5. The lowest BCUT2D eigenvalue weighted by atomic mass is 9.72. The van der Waals surface area contributed by atoms with Crippen molar-refractivity contribution in [2.75, 3.05) is 10.0 Å². The van der Waals surface area contributed by atoms with E-state index in [1.807, 2.05) is 120 Å². The van der Waals surface area contributed by atoms with E-state index in [1.54, 1.807) is 0 Å². The van der Waals surface area contributed by atoms with E-state index < -0.39 is 11.5 Å². The van der Waals surface area contributed by atoms with Crippen LogP contribution in [0.2, 0.25) is 5.02 Å². The van der Waals surface area contributed by atoms with Gasteiger partial charge in [0, 0.05) is 5.02 Å². The van der Waals surface area contributed by atoms with Crippen LogP contribution in [0.1, 0.15) is 17.2 Å². The van der Waals surface area contributed by atoms with Gasteiger partial charge in [0.1, 0.15) is 10.7 Å². The van der Waals surface area contributed by atoms with Gasteiger partial charge in [-0.1, -0.05) is 96.5 Å². The predicted molar refractivity (Wildman–Crippen MR) is 149 cm³/mol. The maximum Gasteiger partial charge on any atom is 0.269 e. The van der Waals surface area contributed by atoms with E-state index in [4.69, 9.17) is 21.8 Å². The number of para-hydroxylation sites is 2. The molecule has 7 heteroatoms. The van der Waals surface area contributed by atoms with Crippen molar-refractivity contribution in [3.8, 4) is 0 Å². The van der Waals surface area contributed by atoms with Crippen LogP contribution in [0.15, 0.2) is 125 Å². The van der Waals surface area contributed by atoms with Gasteiger partial charge in [0.2, 0.25) is 0 Å². The Balaban J connectivity index is 1.64. The Labute approximate surface area is 222 Å². The monoisotopic (exact) mass is 554 g/mol. The van der Waals surface area contributed by atoms with Crippen molar-refractivity contribution < 1.29 is 4.79 Å². The molecule has 0 radical (unpaired) electrons. The summed E-state index contributed by atoms with van der Waals surface area (Å²) in [4.78, 5) is 14.6. The number of carbonyl (C=O) groups is 1. The van der Waals surface area contributed by atoms with Crippen LogP contribution in [0.4, 0.5) is 11.4 Å². The highest BCUT2D eigenvalue weighted by Crippen LogP contribution is 2.55. The average molecular weight is 556 g/mol. The summed E-state index contributed by atoms with van der Waals surface area (Å²) in [5.74, 6) is -0.202. The van der Waals surface area contributed by atoms with Crippen LogP contribution in [0, 0.1) is 5.41 Å². The van der Waals surface area contributed by atoms with E-state index >= 15 is 0 Å². The number of amides is 1. The average Bonchev–Trinajstić information content (AvgIpc) is 3.41. The fraction of sp³-hybridized carbons (Fsp3) is 0.0690. The van der Waals surface area contributed by atoms with Crippen LogP contribution in [-0.4, -0.2) is 16.2 Å². The molecular weight excluding hydrogens is 536 g/mol. The second-order valence-electron chi connectivity index (χ2n) is 8.57. The highest BCUT2D eigenvalue weighted by molar-refractivity contribution is 9.18. The molecule has 0 N–H and O–H groups in total. The molecule has 5 nitrogen and oxygen atoms in total. The molecule has 0 fully saturated rings. The van der Waals surface area contributed by atoms with E-state index in [0.717, 1.165) is 16.8 Å². The van der Waals surface area contributed by atoms with Gasteiger partial charge in [-0.3, -0.25) is 9.80 Å². The van der Waals surface area contributed by atoms with Gasteiger partial charge < -0.3 is 0 Å². The van der Waals surface area contributed by atoms with Crippen molar-refractivity contribution in [1.82, 2.24) is 0 Å². The number of halogens is 2. The lowest BCUT2D eigenvalue weighted by Gasteiger charge is -2.35. The lowest BCUT2D eigenvalue weighted by Crippen LogP contribution is -2.49. The quantitative estimate of drug-likeness (QED) is 0.271. The molecule has 0 saturated heterocycles. The SMILES string of the molecule is O=C1N(c2ccccc2)N=C(c2ccccc2)C12C(Br)=NN(c1ccccc1)C2c1ccccc1Cl. The Hall–Kier alpha value is -3.74. The molecule has 6 rings (SSSR count). The molecule has 0 aromatic heterocycles. The van der Waals surface area contributed by atoms with Gasteiger partial charge in [-0.15, -0.1) is 0 Å². The highest BCUT2D eigenvalue weighted by Gasteiger charge is 2.65. The molecule has 4 aromatic carbocycles. The Morgan fingerprint density at radius 2 is 1.28 bits per heavy atom. The van der Waals surface area contributed by atoms with Crippen molar-refractivity contribution in [3.05, 3.63) is 131 Å². The van der Waals surface area contributed by atoms with Gasteiger partial charge in [-0.05, 0) is 57.4 Å². The molecule has 2 heterocycles. The van der Waals surface area contributed by atoms with Crippen LogP contribution in [0.25, 0.3) is 0 Å². The van der Waals surface area contributed by atoms with Gasteiger partial charge in [0.25, 0.3) is 5.91 Å². The Bertz CT molecular complexity index is 1490. The number of hydrogen-bond donors (Lipinski definition) is 0. The van der Waals surface area contributed by atoms with Gasteiger partial charge in [-0.2, -0.15) is 15.2 Å². The van der Waals surface area contributed by atoms with Crippen molar-refractivity contribution in [2.24, 2.45) is 15.6 Å². The molecular formula is C29H20BrClN4O. The number of hydrogen-bond acceptors (Lipinski definition) is 4. The topological polar surface area (TPSA) is 48.3 Å². The lowest BCUT2D eigenvalue weighted by molar-refractivity contribution is -0.121. The molecule has 2 unspecified atom stereocenters. The number of nitrogens with zero attached hydrogens (tertiary/aromatic N) is 4. The molecule has 0 bridgehead atoms. The number of carbonyl (C=O) groups excluding carboxylic acids is 1. The molecule has 2 atom stereocenters. The van der Waals surface area contributed by atoms with Crippen LogP contribution in [-0.2, 0) is 4.79 Å².